The monoisotopic (exact) mass is 308 g/mol. The molecule has 6 N–H and O–H groups in total. The normalized spacial score (nSPS) is 12.0. The second-order valence-electron chi connectivity index (χ2n) is 4.32. The van der Waals surface area contributed by atoms with Crippen molar-refractivity contribution in [3.8, 4) is 5.75 Å². The molecule has 2 aromatic rings. The summed E-state index contributed by atoms with van der Waals surface area (Å²) in [5.41, 5.74) is 11.4. The molecule has 0 spiro atoms. The molecule has 0 saturated heterocycles. The average molecular weight is 308 g/mol. The lowest BCUT2D eigenvalue weighted by molar-refractivity contribution is 0.126. The van der Waals surface area contributed by atoms with E-state index in [-0.39, 0.29) is 18.0 Å². The molecule has 8 heteroatoms. The van der Waals surface area contributed by atoms with E-state index in [4.69, 9.17) is 16.2 Å². The molecule has 0 saturated carbocycles. The van der Waals surface area contributed by atoms with Crippen LogP contribution in [0.4, 0.5) is 11.5 Å². The summed E-state index contributed by atoms with van der Waals surface area (Å²) in [6.45, 7) is 0.128. The van der Waals surface area contributed by atoms with Crippen LogP contribution in [0.3, 0.4) is 0 Å². The summed E-state index contributed by atoms with van der Waals surface area (Å²) in [5, 5.41) is 10.2. The minimum Gasteiger partial charge on any atom is -0.491 e. The van der Waals surface area contributed by atoms with Crippen LogP contribution >= 0.6 is 11.8 Å². The van der Waals surface area contributed by atoms with Crippen molar-refractivity contribution in [1.82, 2.24) is 9.97 Å². The van der Waals surface area contributed by atoms with Crippen molar-refractivity contribution < 1.29 is 9.84 Å². The Bertz CT molecular complexity index is 645. The van der Waals surface area contributed by atoms with E-state index in [2.05, 4.69) is 9.97 Å². The lowest BCUT2D eigenvalue weighted by Gasteiger charge is -2.12. The highest BCUT2D eigenvalue weighted by Crippen LogP contribution is 2.16. The summed E-state index contributed by atoms with van der Waals surface area (Å²) in [7, 11) is 0. The number of H-pyrrole nitrogens is 1. The highest BCUT2D eigenvalue weighted by atomic mass is 32.2. The molecule has 0 fully saturated rings. The van der Waals surface area contributed by atoms with Crippen molar-refractivity contribution in [2.75, 3.05) is 23.8 Å². The van der Waals surface area contributed by atoms with Crippen LogP contribution in [-0.2, 0) is 0 Å². The fourth-order valence-corrected chi connectivity index (χ4v) is 2.29. The number of nitrogens with zero attached hydrogens (tertiary/aromatic N) is 1. The second kappa shape index (κ2) is 7.00. The number of nitrogens with two attached hydrogens (primary N) is 2. The van der Waals surface area contributed by atoms with Gasteiger partial charge in [0.05, 0.1) is 6.10 Å². The van der Waals surface area contributed by atoms with Gasteiger partial charge in [0.1, 0.15) is 18.2 Å². The number of hydrogen-bond donors (Lipinski definition) is 4. The number of nitrogens with one attached hydrogen (secondary N) is 1. The smallest absolute Gasteiger partial charge is 0.253 e. The van der Waals surface area contributed by atoms with Crippen molar-refractivity contribution in [3.63, 3.8) is 0 Å². The van der Waals surface area contributed by atoms with Crippen LogP contribution in [-0.4, -0.2) is 33.5 Å². The van der Waals surface area contributed by atoms with E-state index in [1.165, 1.54) is 17.8 Å². The zero-order valence-corrected chi connectivity index (χ0v) is 12.0. The number of anilines is 2. The molecule has 0 aliphatic carbocycles. The third kappa shape index (κ3) is 5.01. The molecule has 0 radical (unpaired) electrons. The Morgan fingerprint density at radius 3 is 2.71 bits per heavy atom. The molecule has 0 aliphatic rings. The lowest BCUT2D eigenvalue weighted by atomic mass is 10.3. The number of nitrogen functional groups attached to an aromatic ring is 2. The standard InChI is InChI=1S/C13H16N4O3S/c14-8-1-3-10(4-2-8)20-6-9(18)7-21-13-16-11(15)5-12(19)17-13/h1-5,9,18H,6-7,14H2,(H3,15,16,17,19). The molecular weight excluding hydrogens is 292 g/mol. The average Bonchev–Trinajstić information content (AvgIpc) is 2.43. The number of aromatic nitrogens is 2. The highest BCUT2D eigenvalue weighted by Gasteiger charge is 2.08. The topological polar surface area (TPSA) is 127 Å². The van der Waals surface area contributed by atoms with Gasteiger partial charge in [-0.1, -0.05) is 11.8 Å². The van der Waals surface area contributed by atoms with Gasteiger partial charge in [-0.15, -0.1) is 0 Å². The Balaban J connectivity index is 1.80. The highest BCUT2D eigenvalue weighted by molar-refractivity contribution is 7.99. The number of benzene rings is 1. The van der Waals surface area contributed by atoms with Crippen LogP contribution in [0.15, 0.2) is 40.3 Å². The Labute approximate surface area is 125 Å². The van der Waals surface area contributed by atoms with Crippen LogP contribution in [0, 0.1) is 0 Å². The molecule has 1 aromatic carbocycles. The van der Waals surface area contributed by atoms with E-state index < -0.39 is 6.10 Å². The second-order valence-corrected chi connectivity index (χ2v) is 5.33. The predicted octanol–water partition coefficient (Wildman–Crippen LogP) is 0.466. The number of rotatable bonds is 6. The molecule has 0 bridgehead atoms. The number of aliphatic hydroxyl groups excluding tert-OH is 1. The van der Waals surface area contributed by atoms with Gasteiger partial charge in [-0.2, -0.15) is 0 Å². The van der Waals surface area contributed by atoms with Crippen molar-refractivity contribution in [1.29, 1.82) is 0 Å². The van der Waals surface area contributed by atoms with Crippen molar-refractivity contribution in [3.05, 3.63) is 40.7 Å². The van der Waals surface area contributed by atoms with Gasteiger partial charge >= 0.3 is 0 Å². The lowest BCUT2D eigenvalue weighted by Crippen LogP contribution is -2.20. The Kier molecular flexibility index (Phi) is 5.07. The Hall–Kier alpha value is -2.19. The SMILES string of the molecule is Nc1ccc(OCC(O)CSc2nc(N)cc(=O)[nH]2)cc1. The fourth-order valence-electron chi connectivity index (χ4n) is 1.50. The fraction of sp³-hybridized carbons (Fsp3) is 0.231. The summed E-state index contributed by atoms with van der Waals surface area (Å²) in [4.78, 5) is 17.7. The van der Waals surface area contributed by atoms with Gasteiger partial charge < -0.3 is 26.3 Å². The van der Waals surface area contributed by atoms with E-state index in [9.17, 15) is 9.90 Å². The van der Waals surface area contributed by atoms with E-state index in [1.807, 2.05) is 0 Å². The molecule has 1 atom stereocenters. The summed E-state index contributed by atoms with van der Waals surface area (Å²) < 4.78 is 5.42. The molecule has 1 unspecified atom stereocenters. The molecule has 1 heterocycles. The van der Waals surface area contributed by atoms with Gasteiger partial charge in [0.2, 0.25) is 0 Å². The summed E-state index contributed by atoms with van der Waals surface area (Å²) in [6.07, 6.45) is -0.709. The van der Waals surface area contributed by atoms with Crippen LogP contribution < -0.4 is 21.8 Å². The van der Waals surface area contributed by atoms with Gasteiger partial charge in [0.15, 0.2) is 5.16 Å². The summed E-state index contributed by atoms with van der Waals surface area (Å²) in [5.74, 6) is 1.10. The van der Waals surface area contributed by atoms with Crippen LogP contribution in [0.1, 0.15) is 0 Å². The number of hydrogen-bond acceptors (Lipinski definition) is 7. The molecule has 7 nitrogen and oxygen atoms in total. The van der Waals surface area contributed by atoms with E-state index in [0.29, 0.717) is 22.3 Å². The van der Waals surface area contributed by atoms with Crippen LogP contribution in [0.2, 0.25) is 0 Å². The maximum atomic E-state index is 11.2. The number of aliphatic hydroxyl groups is 1. The number of ether oxygens (including phenoxy) is 1. The van der Waals surface area contributed by atoms with Gasteiger partial charge in [0.25, 0.3) is 5.56 Å². The molecule has 1 aromatic heterocycles. The molecule has 112 valence electrons. The molecule has 2 rings (SSSR count). The molecule has 0 amide bonds. The van der Waals surface area contributed by atoms with Gasteiger partial charge in [-0.05, 0) is 24.3 Å². The molecule has 0 aliphatic heterocycles. The first-order chi connectivity index (χ1) is 10.0. The summed E-state index contributed by atoms with van der Waals surface area (Å²) >= 11 is 1.20. The van der Waals surface area contributed by atoms with Gasteiger partial charge in [0, 0.05) is 17.5 Å². The largest absolute Gasteiger partial charge is 0.491 e. The van der Waals surface area contributed by atoms with Gasteiger partial charge in [-0.25, -0.2) is 4.98 Å². The zero-order valence-electron chi connectivity index (χ0n) is 11.2. The van der Waals surface area contributed by atoms with Crippen LogP contribution in [0.25, 0.3) is 0 Å². The predicted molar refractivity (Wildman–Crippen MR) is 82.4 cm³/mol. The molecular formula is C13H16N4O3S. The minimum absolute atomic E-state index is 0.128. The van der Waals surface area contributed by atoms with E-state index in [0.717, 1.165) is 0 Å². The Morgan fingerprint density at radius 1 is 1.33 bits per heavy atom. The summed E-state index contributed by atoms with van der Waals surface area (Å²) in [6, 6.07) is 8.10. The quantitative estimate of drug-likeness (QED) is 0.347. The first-order valence-electron chi connectivity index (χ1n) is 6.19. The van der Waals surface area contributed by atoms with E-state index in [1.54, 1.807) is 24.3 Å². The first-order valence-corrected chi connectivity index (χ1v) is 7.17. The third-order valence-electron chi connectivity index (χ3n) is 2.47. The number of thioether (sulfide) groups is 1. The van der Waals surface area contributed by atoms with Crippen molar-refractivity contribution in [2.24, 2.45) is 0 Å². The zero-order chi connectivity index (χ0) is 15.2. The third-order valence-corrected chi connectivity index (χ3v) is 3.49. The van der Waals surface area contributed by atoms with Gasteiger partial charge in [-0.3, -0.25) is 4.79 Å². The molecule has 21 heavy (non-hydrogen) atoms. The van der Waals surface area contributed by atoms with Crippen LogP contribution in [0.5, 0.6) is 5.75 Å². The van der Waals surface area contributed by atoms with Crippen molar-refractivity contribution >= 4 is 23.3 Å². The Morgan fingerprint density at radius 2 is 2.05 bits per heavy atom. The maximum Gasteiger partial charge on any atom is 0.253 e. The van der Waals surface area contributed by atoms with E-state index >= 15 is 0 Å². The number of aromatic amines is 1. The minimum atomic E-state index is -0.709. The van der Waals surface area contributed by atoms with Crippen molar-refractivity contribution in [2.45, 2.75) is 11.3 Å². The maximum absolute atomic E-state index is 11.2. The first kappa shape index (κ1) is 15.2.